The van der Waals surface area contributed by atoms with Gasteiger partial charge in [-0.1, -0.05) is 20.8 Å². The normalized spacial score (nSPS) is 25.7. The van der Waals surface area contributed by atoms with Crippen LogP contribution in [0.5, 0.6) is 0 Å². The molecule has 0 aliphatic heterocycles. The van der Waals surface area contributed by atoms with Crippen LogP contribution in [0.3, 0.4) is 0 Å². The second kappa shape index (κ2) is 13.1. The summed E-state index contributed by atoms with van der Waals surface area (Å²) in [4.78, 5) is 24.0. The Kier molecular flexibility index (Phi) is 12.0. The molecule has 2 aliphatic carbocycles. The smallest absolute Gasteiger partial charge is 0.430 e. The van der Waals surface area contributed by atoms with Crippen LogP contribution < -0.4 is 0 Å². The number of alkyl halides is 15. The van der Waals surface area contributed by atoms with E-state index in [9.17, 15) is 85.7 Å². The lowest BCUT2D eigenvalue weighted by Gasteiger charge is -2.44. The third-order valence-electron chi connectivity index (χ3n) is 10.1. The first-order valence-electron chi connectivity index (χ1n) is 14.5. The zero-order valence-corrected chi connectivity index (χ0v) is 27.2. The van der Waals surface area contributed by atoms with E-state index in [2.05, 4.69) is 9.47 Å². The fraction of sp³-hybridized carbons (Fsp3) is 0.929. The van der Waals surface area contributed by atoms with Crippen molar-refractivity contribution in [1.29, 1.82) is 0 Å². The summed E-state index contributed by atoms with van der Waals surface area (Å²) in [6, 6.07) is 0. The molecule has 2 bridgehead atoms. The first-order valence-corrected chi connectivity index (χ1v) is 14.5. The molecular formula is C28H37F15O6. The fourth-order valence-electron chi connectivity index (χ4n) is 6.18. The molecule has 2 saturated carbocycles. The molecule has 290 valence electrons. The summed E-state index contributed by atoms with van der Waals surface area (Å²) in [7, 11) is 0. The number of halogens is 15. The van der Waals surface area contributed by atoms with Crippen molar-refractivity contribution < 1.29 is 95.1 Å². The molecule has 0 aromatic carbocycles. The van der Waals surface area contributed by atoms with Gasteiger partial charge in [-0.05, 0) is 77.6 Å². The second-order valence-electron chi connectivity index (χ2n) is 13.6. The summed E-state index contributed by atoms with van der Waals surface area (Å²) in [5.74, 6) is -3.62. The van der Waals surface area contributed by atoms with Crippen molar-refractivity contribution in [2.45, 2.75) is 128 Å². The fourth-order valence-corrected chi connectivity index (χ4v) is 6.18. The highest BCUT2D eigenvalue weighted by molar-refractivity contribution is 5.78. The van der Waals surface area contributed by atoms with E-state index in [1.165, 1.54) is 0 Å². The van der Waals surface area contributed by atoms with Crippen LogP contribution in [0.1, 0.15) is 74.7 Å². The average Bonchev–Trinajstić information content (AvgIpc) is 3.43. The van der Waals surface area contributed by atoms with Gasteiger partial charge in [0.15, 0.2) is 16.6 Å². The maximum atomic E-state index is 13.0. The van der Waals surface area contributed by atoms with Crippen molar-refractivity contribution in [3.8, 4) is 0 Å². The molecule has 2 aliphatic rings. The van der Waals surface area contributed by atoms with Crippen molar-refractivity contribution in [3.63, 3.8) is 0 Å². The average molecular weight is 755 g/mol. The van der Waals surface area contributed by atoms with E-state index in [-0.39, 0.29) is 38.5 Å². The summed E-state index contributed by atoms with van der Waals surface area (Å²) >= 11 is 0. The minimum absolute atomic E-state index is 0.0261. The lowest BCUT2D eigenvalue weighted by atomic mass is 9.75. The zero-order chi connectivity index (χ0) is 39.6. The molecule has 6 unspecified atom stereocenters. The van der Waals surface area contributed by atoms with Crippen LogP contribution in [0.25, 0.3) is 0 Å². The molecule has 2 rings (SSSR count). The summed E-state index contributed by atoms with van der Waals surface area (Å²) in [5, 5.41) is 18.7. The summed E-state index contributed by atoms with van der Waals surface area (Å²) in [6.07, 6.45) is -30.0. The SMILES string of the molecule is CC1C2CC(C(=O)OC(C)(C)C(O)(C(F)(F)F)C(F)(F)F)C(C2)C1C.CCC(C)(C(=O)OC(C)(C)C(O)(C(F)(F)F)C(F)(F)F)C(F)(F)F. The number of esters is 2. The van der Waals surface area contributed by atoms with E-state index in [0.29, 0.717) is 32.6 Å². The van der Waals surface area contributed by atoms with Gasteiger partial charge in [0, 0.05) is 0 Å². The molecule has 2 fully saturated rings. The minimum Gasteiger partial charge on any atom is -0.456 e. The van der Waals surface area contributed by atoms with Gasteiger partial charge < -0.3 is 19.7 Å². The van der Waals surface area contributed by atoms with Crippen LogP contribution in [0, 0.1) is 35.0 Å². The predicted octanol–water partition coefficient (Wildman–Crippen LogP) is 8.23. The summed E-state index contributed by atoms with van der Waals surface area (Å²) < 4.78 is 202. The van der Waals surface area contributed by atoms with Crippen LogP contribution in [-0.4, -0.2) is 75.4 Å². The topological polar surface area (TPSA) is 93.1 Å². The highest BCUT2D eigenvalue weighted by atomic mass is 19.4. The van der Waals surface area contributed by atoms with Crippen LogP contribution in [-0.2, 0) is 19.1 Å². The number of ether oxygens (including phenoxy) is 2. The molecule has 0 radical (unpaired) electrons. The van der Waals surface area contributed by atoms with Crippen molar-refractivity contribution in [1.82, 2.24) is 0 Å². The van der Waals surface area contributed by atoms with Gasteiger partial charge in [-0.25, -0.2) is 0 Å². The summed E-state index contributed by atoms with van der Waals surface area (Å²) in [5.41, 5.74) is -21.1. The van der Waals surface area contributed by atoms with Crippen LogP contribution in [0.4, 0.5) is 65.9 Å². The molecule has 0 aromatic rings. The Balaban J connectivity index is 0.000000491. The largest absolute Gasteiger partial charge is 0.456 e. The number of carbonyl (C=O) groups excluding carboxylic acids is 2. The van der Waals surface area contributed by atoms with Gasteiger partial charge in [0.1, 0.15) is 0 Å². The van der Waals surface area contributed by atoms with Crippen LogP contribution in [0.15, 0.2) is 0 Å². The number of rotatable bonds is 7. The Bertz CT molecular complexity index is 1170. The molecular weight excluding hydrogens is 717 g/mol. The molecule has 21 heteroatoms. The Morgan fingerprint density at radius 3 is 1.20 bits per heavy atom. The molecule has 0 amide bonds. The predicted molar refractivity (Wildman–Crippen MR) is 137 cm³/mol. The van der Waals surface area contributed by atoms with Crippen LogP contribution >= 0.6 is 0 Å². The molecule has 6 nitrogen and oxygen atoms in total. The van der Waals surface area contributed by atoms with Gasteiger partial charge in [0.25, 0.3) is 11.2 Å². The van der Waals surface area contributed by atoms with E-state index in [1.54, 1.807) is 0 Å². The molecule has 0 saturated heterocycles. The number of hydrogen-bond donors (Lipinski definition) is 2. The van der Waals surface area contributed by atoms with E-state index < -0.39 is 83.0 Å². The third-order valence-corrected chi connectivity index (χ3v) is 10.1. The molecule has 0 heterocycles. The van der Waals surface area contributed by atoms with Gasteiger partial charge in [-0.3, -0.25) is 9.59 Å². The maximum absolute atomic E-state index is 13.0. The van der Waals surface area contributed by atoms with Gasteiger partial charge in [-0.15, -0.1) is 0 Å². The molecule has 49 heavy (non-hydrogen) atoms. The highest BCUT2D eigenvalue weighted by Crippen LogP contribution is 2.57. The van der Waals surface area contributed by atoms with Gasteiger partial charge >= 0.3 is 42.8 Å². The zero-order valence-electron chi connectivity index (χ0n) is 27.2. The quantitative estimate of drug-likeness (QED) is 0.201. The first kappa shape index (κ1) is 44.8. The molecule has 0 aromatic heterocycles. The third kappa shape index (κ3) is 7.56. The lowest BCUT2D eigenvalue weighted by molar-refractivity contribution is -0.409. The first-order chi connectivity index (χ1) is 21.2. The maximum Gasteiger partial charge on any atom is 0.430 e. The van der Waals surface area contributed by atoms with Gasteiger partial charge in [0.2, 0.25) is 0 Å². The van der Waals surface area contributed by atoms with Gasteiger partial charge in [-0.2, -0.15) is 65.9 Å². The van der Waals surface area contributed by atoms with Crippen molar-refractivity contribution in [3.05, 3.63) is 0 Å². The Hall–Kier alpha value is -2.19. The van der Waals surface area contributed by atoms with Crippen molar-refractivity contribution >= 4 is 11.9 Å². The summed E-state index contributed by atoms with van der Waals surface area (Å²) in [6.45, 7) is 5.98. The Morgan fingerprint density at radius 2 is 0.939 bits per heavy atom. The molecule has 6 atom stereocenters. The highest BCUT2D eigenvalue weighted by Gasteiger charge is 2.80. The molecule has 2 N–H and O–H groups in total. The van der Waals surface area contributed by atoms with E-state index in [1.807, 2.05) is 13.8 Å². The van der Waals surface area contributed by atoms with Crippen LogP contribution in [0.2, 0.25) is 0 Å². The minimum atomic E-state index is -6.37. The van der Waals surface area contributed by atoms with Crippen molar-refractivity contribution in [2.75, 3.05) is 0 Å². The van der Waals surface area contributed by atoms with Crippen molar-refractivity contribution in [2.24, 2.45) is 35.0 Å². The molecule has 0 spiro atoms. The Labute approximate surface area is 270 Å². The van der Waals surface area contributed by atoms with Gasteiger partial charge in [0.05, 0.1) is 5.92 Å². The van der Waals surface area contributed by atoms with E-state index in [4.69, 9.17) is 0 Å². The standard InChI is InChI=1S/C16H22F6O3.C12H15F9O3/c1-7-8(2)10-5-9(7)6-11(10)12(23)25-13(3,4)14(24,15(17,18)19)16(20,21)22;1-5-8(4,10(13,14)15)6(22)24-7(2,3)9(23,11(16,17)18)12(19,20)21/h7-11,24H,5-6H2,1-4H3;23H,5H2,1-4H3. The number of carbonyl (C=O) groups is 2. The van der Waals surface area contributed by atoms with E-state index >= 15 is 0 Å². The number of hydrogen-bond acceptors (Lipinski definition) is 6. The second-order valence-corrected chi connectivity index (χ2v) is 13.6. The number of aliphatic hydroxyl groups is 2. The monoisotopic (exact) mass is 754 g/mol. The lowest BCUT2D eigenvalue weighted by Crippen LogP contribution is -2.70. The number of fused-ring (bicyclic) bond motifs is 2. The van der Waals surface area contributed by atoms with E-state index in [0.717, 1.165) is 6.92 Å². The Morgan fingerprint density at radius 1 is 0.592 bits per heavy atom.